The summed E-state index contributed by atoms with van der Waals surface area (Å²) in [6.07, 6.45) is 0. The first-order valence-electron chi connectivity index (χ1n) is 6.05. The van der Waals surface area contributed by atoms with Crippen molar-refractivity contribution < 1.29 is 0 Å². The van der Waals surface area contributed by atoms with Gasteiger partial charge in [0.25, 0.3) is 0 Å². The Morgan fingerprint density at radius 2 is 1.84 bits per heavy atom. The molecule has 0 bridgehead atoms. The molecule has 2 aromatic rings. The van der Waals surface area contributed by atoms with Crippen LogP contribution in [0.3, 0.4) is 0 Å². The lowest BCUT2D eigenvalue weighted by Gasteiger charge is -2.20. The van der Waals surface area contributed by atoms with Crippen molar-refractivity contribution in [2.45, 2.75) is 13.0 Å². The normalized spacial score (nSPS) is 12.4. The van der Waals surface area contributed by atoms with Crippen LogP contribution in [0.5, 0.6) is 0 Å². The summed E-state index contributed by atoms with van der Waals surface area (Å²) in [5.74, 6) is 0. The van der Waals surface area contributed by atoms with Crippen molar-refractivity contribution in [1.82, 2.24) is 5.32 Å². The van der Waals surface area contributed by atoms with Crippen molar-refractivity contribution >= 4 is 39.1 Å². The molecular weight excluding hydrogens is 345 g/mol. The fourth-order valence-corrected chi connectivity index (χ4v) is 2.89. The van der Waals surface area contributed by atoms with Crippen LogP contribution in [0.4, 0.5) is 0 Å². The highest BCUT2D eigenvalue weighted by Gasteiger charge is 2.16. The minimum atomic E-state index is 0.0665. The van der Waals surface area contributed by atoms with Crippen molar-refractivity contribution in [3.63, 3.8) is 0 Å². The van der Waals surface area contributed by atoms with Gasteiger partial charge in [-0.05, 0) is 48.0 Å². The Balaban J connectivity index is 2.48. The molecule has 2 rings (SSSR count). The zero-order valence-corrected chi connectivity index (χ0v) is 13.6. The number of halogens is 3. The average molecular weight is 359 g/mol. The van der Waals surface area contributed by atoms with Crippen LogP contribution in [0.15, 0.2) is 46.9 Å². The van der Waals surface area contributed by atoms with E-state index >= 15 is 0 Å². The van der Waals surface area contributed by atoms with E-state index in [0.717, 1.165) is 32.2 Å². The molecule has 100 valence electrons. The highest BCUT2D eigenvalue weighted by Crippen LogP contribution is 2.31. The maximum Gasteiger partial charge on any atom is 0.0588 e. The van der Waals surface area contributed by atoms with E-state index < -0.39 is 0 Å². The molecule has 0 saturated carbocycles. The van der Waals surface area contributed by atoms with E-state index in [1.807, 2.05) is 36.4 Å². The van der Waals surface area contributed by atoms with Crippen molar-refractivity contribution in [2.75, 3.05) is 6.54 Å². The van der Waals surface area contributed by atoms with Crippen LogP contribution in [0.1, 0.15) is 24.1 Å². The molecule has 0 aromatic heterocycles. The lowest BCUT2D eigenvalue weighted by atomic mass is 9.99. The molecule has 0 aliphatic heterocycles. The predicted octanol–water partition coefficient (Wildman–Crippen LogP) is 5.45. The third-order valence-electron chi connectivity index (χ3n) is 2.86. The number of hydrogen-bond donors (Lipinski definition) is 1. The van der Waals surface area contributed by atoms with E-state index in [1.54, 1.807) is 0 Å². The molecule has 0 heterocycles. The first-order chi connectivity index (χ1) is 9.11. The van der Waals surface area contributed by atoms with Crippen LogP contribution in [-0.2, 0) is 0 Å². The molecule has 1 nitrogen and oxygen atoms in total. The molecule has 0 spiro atoms. The maximum absolute atomic E-state index is 6.11. The molecule has 0 aliphatic carbocycles. The molecule has 0 fully saturated rings. The molecule has 1 unspecified atom stereocenters. The van der Waals surface area contributed by atoms with Gasteiger partial charge < -0.3 is 5.32 Å². The number of rotatable bonds is 4. The summed E-state index contributed by atoms with van der Waals surface area (Å²) >= 11 is 15.8. The summed E-state index contributed by atoms with van der Waals surface area (Å²) in [6.45, 7) is 2.94. The lowest BCUT2D eigenvalue weighted by Crippen LogP contribution is -2.22. The molecule has 0 amide bonds. The Morgan fingerprint density at radius 3 is 2.53 bits per heavy atom. The first kappa shape index (κ1) is 14.9. The van der Waals surface area contributed by atoms with Crippen LogP contribution in [0.2, 0.25) is 10.0 Å². The van der Waals surface area contributed by atoms with E-state index in [9.17, 15) is 0 Å². The fraction of sp³-hybridized carbons (Fsp3) is 0.200. The number of nitrogens with one attached hydrogen (secondary N) is 1. The summed E-state index contributed by atoms with van der Waals surface area (Å²) in [6, 6.07) is 13.7. The smallest absolute Gasteiger partial charge is 0.0588 e. The summed E-state index contributed by atoms with van der Waals surface area (Å²) in [7, 11) is 0. The van der Waals surface area contributed by atoms with Gasteiger partial charge in [0, 0.05) is 14.5 Å². The Hall–Kier alpha value is -0.540. The summed E-state index contributed by atoms with van der Waals surface area (Å²) in [5.41, 5.74) is 2.23. The van der Waals surface area contributed by atoms with Crippen LogP contribution in [0.25, 0.3) is 0 Å². The van der Waals surface area contributed by atoms with Gasteiger partial charge in [0.05, 0.1) is 6.04 Å². The number of benzene rings is 2. The van der Waals surface area contributed by atoms with E-state index in [1.165, 1.54) is 0 Å². The second kappa shape index (κ2) is 6.76. The highest BCUT2D eigenvalue weighted by molar-refractivity contribution is 9.10. The lowest BCUT2D eigenvalue weighted by molar-refractivity contribution is 0.628. The topological polar surface area (TPSA) is 12.0 Å². The van der Waals surface area contributed by atoms with E-state index in [2.05, 4.69) is 34.2 Å². The van der Waals surface area contributed by atoms with Gasteiger partial charge in [-0.25, -0.2) is 0 Å². The number of hydrogen-bond acceptors (Lipinski definition) is 1. The van der Waals surface area contributed by atoms with E-state index in [-0.39, 0.29) is 6.04 Å². The molecule has 2 aromatic carbocycles. The zero-order valence-electron chi connectivity index (χ0n) is 10.5. The Morgan fingerprint density at radius 1 is 1.11 bits per heavy atom. The molecule has 0 aliphatic rings. The third kappa shape index (κ3) is 3.73. The minimum absolute atomic E-state index is 0.0665. The van der Waals surface area contributed by atoms with Gasteiger partial charge in [0.1, 0.15) is 0 Å². The van der Waals surface area contributed by atoms with Gasteiger partial charge in [0.2, 0.25) is 0 Å². The molecule has 0 saturated heterocycles. The minimum Gasteiger partial charge on any atom is -0.306 e. The van der Waals surface area contributed by atoms with Crippen LogP contribution < -0.4 is 5.32 Å². The molecule has 4 heteroatoms. The van der Waals surface area contributed by atoms with Crippen LogP contribution >= 0.6 is 39.1 Å². The highest BCUT2D eigenvalue weighted by atomic mass is 79.9. The van der Waals surface area contributed by atoms with Crippen molar-refractivity contribution in [1.29, 1.82) is 0 Å². The zero-order chi connectivity index (χ0) is 13.8. The fourth-order valence-electron chi connectivity index (χ4n) is 2.03. The monoisotopic (exact) mass is 357 g/mol. The van der Waals surface area contributed by atoms with Gasteiger partial charge in [-0.2, -0.15) is 0 Å². The Kier molecular flexibility index (Phi) is 5.28. The molecule has 1 N–H and O–H groups in total. The second-order valence-electron chi connectivity index (χ2n) is 4.21. The quantitative estimate of drug-likeness (QED) is 0.765. The molecule has 1 atom stereocenters. The summed E-state index contributed by atoms with van der Waals surface area (Å²) < 4.78 is 1.03. The average Bonchev–Trinajstić information content (AvgIpc) is 2.39. The van der Waals surface area contributed by atoms with Crippen molar-refractivity contribution in [2.24, 2.45) is 0 Å². The van der Waals surface area contributed by atoms with Crippen LogP contribution in [0, 0.1) is 0 Å². The van der Waals surface area contributed by atoms with Crippen LogP contribution in [-0.4, -0.2) is 6.54 Å². The van der Waals surface area contributed by atoms with Gasteiger partial charge in [-0.1, -0.05) is 58.2 Å². The third-order valence-corrected chi connectivity index (χ3v) is 4.05. The molecular formula is C15H14BrCl2N. The molecule has 19 heavy (non-hydrogen) atoms. The first-order valence-corrected chi connectivity index (χ1v) is 7.60. The van der Waals surface area contributed by atoms with Gasteiger partial charge in [-0.15, -0.1) is 0 Å². The Bertz CT molecular complexity index is 572. The maximum atomic E-state index is 6.11. The summed E-state index contributed by atoms with van der Waals surface area (Å²) in [5, 5.41) is 4.92. The SMILES string of the molecule is CCNC(c1cccc(Cl)c1)c1cc(Cl)ccc1Br. The standard InChI is InChI=1S/C15H14BrCl2N/c1-2-19-15(10-4-3-5-11(17)8-10)13-9-12(18)6-7-14(13)16/h3-9,15,19H,2H2,1H3. The Labute approximate surface area is 132 Å². The van der Waals surface area contributed by atoms with Gasteiger partial charge in [0.15, 0.2) is 0 Å². The van der Waals surface area contributed by atoms with E-state index in [4.69, 9.17) is 23.2 Å². The van der Waals surface area contributed by atoms with E-state index in [0.29, 0.717) is 0 Å². The van der Waals surface area contributed by atoms with Gasteiger partial charge >= 0.3 is 0 Å². The van der Waals surface area contributed by atoms with Gasteiger partial charge in [-0.3, -0.25) is 0 Å². The van der Waals surface area contributed by atoms with Crippen molar-refractivity contribution in [3.8, 4) is 0 Å². The van der Waals surface area contributed by atoms with Crippen molar-refractivity contribution in [3.05, 3.63) is 68.1 Å². The predicted molar refractivity (Wildman–Crippen MR) is 86.1 cm³/mol. The largest absolute Gasteiger partial charge is 0.306 e. The molecule has 0 radical (unpaired) electrons. The summed E-state index contributed by atoms with van der Waals surface area (Å²) in [4.78, 5) is 0. The second-order valence-corrected chi connectivity index (χ2v) is 5.94.